The van der Waals surface area contributed by atoms with E-state index in [1.54, 1.807) is 0 Å². The van der Waals surface area contributed by atoms with E-state index in [-0.39, 0.29) is 0 Å². The SMILES string of the molecule is C[C@H]1CC[C@@]2(C)C(=CC[C@H]3[C@@H]4CC[C@H](CO)[C@@]4(C)CC[C@@H]32)C1. The van der Waals surface area contributed by atoms with Crippen LogP contribution in [0.3, 0.4) is 0 Å². The Morgan fingerprint density at radius 3 is 2.68 bits per heavy atom. The number of allylic oxidation sites excluding steroid dienone is 2. The number of hydrogen-bond acceptors (Lipinski definition) is 1. The van der Waals surface area contributed by atoms with E-state index < -0.39 is 0 Å². The molecule has 3 fully saturated rings. The van der Waals surface area contributed by atoms with E-state index in [9.17, 15) is 5.11 Å². The first-order chi connectivity index (χ1) is 10.5. The van der Waals surface area contributed by atoms with Crippen LogP contribution in [0, 0.1) is 40.4 Å². The molecule has 3 saturated carbocycles. The molecule has 0 radical (unpaired) electrons. The second kappa shape index (κ2) is 5.10. The molecule has 1 nitrogen and oxygen atoms in total. The lowest BCUT2D eigenvalue weighted by Crippen LogP contribution is -2.50. The molecule has 0 aromatic rings. The second-order valence-electron chi connectivity index (χ2n) is 9.61. The lowest BCUT2D eigenvalue weighted by atomic mass is 9.47. The van der Waals surface area contributed by atoms with Crippen LogP contribution in [-0.2, 0) is 0 Å². The molecular formula is C21H34O. The molecule has 1 heteroatoms. The Labute approximate surface area is 136 Å². The van der Waals surface area contributed by atoms with Gasteiger partial charge in [-0.1, -0.05) is 32.4 Å². The first kappa shape index (κ1) is 15.2. The maximum absolute atomic E-state index is 9.82. The largest absolute Gasteiger partial charge is 0.396 e. The highest BCUT2D eigenvalue weighted by Gasteiger charge is 2.58. The molecule has 124 valence electrons. The van der Waals surface area contributed by atoms with Gasteiger partial charge in [-0.15, -0.1) is 0 Å². The fraction of sp³-hybridized carbons (Fsp3) is 0.905. The van der Waals surface area contributed by atoms with Crippen LogP contribution in [0.2, 0.25) is 0 Å². The standard InChI is InChI=1S/C21H34O/c1-14-8-10-20(2)15(12-14)4-6-17-18-7-5-16(13-22)21(18,3)11-9-19(17)20/h4,14,16-19,22H,5-13H2,1-3H3/t14-,16+,17-,18-,19-,20-,21+/m0/s1. The van der Waals surface area contributed by atoms with Crippen LogP contribution < -0.4 is 0 Å². The van der Waals surface area contributed by atoms with Crippen LogP contribution in [0.4, 0.5) is 0 Å². The summed E-state index contributed by atoms with van der Waals surface area (Å²) < 4.78 is 0. The van der Waals surface area contributed by atoms with E-state index in [0.29, 0.717) is 23.4 Å². The highest BCUT2D eigenvalue weighted by Crippen LogP contribution is 2.66. The number of fused-ring (bicyclic) bond motifs is 5. The lowest BCUT2D eigenvalue weighted by molar-refractivity contribution is -0.0511. The van der Waals surface area contributed by atoms with Gasteiger partial charge in [0, 0.05) is 6.61 Å². The summed E-state index contributed by atoms with van der Waals surface area (Å²) in [6.07, 6.45) is 13.6. The Kier molecular flexibility index (Phi) is 3.53. The van der Waals surface area contributed by atoms with Crippen LogP contribution in [-0.4, -0.2) is 11.7 Å². The van der Waals surface area contributed by atoms with Crippen molar-refractivity contribution in [3.05, 3.63) is 11.6 Å². The van der Waals surface area contributed by atoms with Gasteiger partial charge >= 0.3 is 0 Å². The van der Waals surface area contributed by atoms with E-state index in [0.717, 1.165) is 23.7 Å². The topological polar surface area (TPSA) is 20.2 Å². The summed E-state index contributed by atoms with van der Waals surface area (Å²) in [7, 11) is 0. The lowest BCUT2D eigenvalue weighted by Gasteiger charge is -2.58. The molecule has 0 aromatic heterocycles. The summed E-state index contributed by atoms with van der Waals surface area (Å²) in [4.78, 5) is 0. The van der Waals surface area contributed by atoms with Crippen molar-refractivity contribution < 1.29 is 5.11 Å². The van der Waals surface area contributed by atoms with Crippen molar-refractivity contribution in [3.8, 4) is 0 Å². The smallest absolute Gasteiger partial charge is 0.0464 e. The molecule has 4 aliphatic rings. The minimum atomic E-state index is 0.417. The van der Waals surface area contributed by atoms with Gasteiger partial charge in [-0.05, 0) is 91.8 Å². The molecule has 7 atom stereocenters. The van der Waals surface area contributed by atoms with Gasteiger partial charge in [0.15, 0.2) is 0 Å². The highest BCUT2D eigenvalue weighted by atomic mass is 16.3. The molecule has 4 aliphatic carbocycles. The second-order valence-corrected chi connectivity index (χ2v) is 9.61. The summed E-state index contributed by atoms with van der Waals surface area (Å²) in [6.45, 7) is 7.96. The molecule has 0 spiro atoms. The zero-order chi connectivity index (χ0) is 15.5. The maximum Gasteiger partial charge on any atom is 0.0464 e. The van der Waals surface area contributed by atoms with Gasteiger partial charge in [-0.3, -0.25) is 0 Å². The fourth-order valence-corrected chi connectivity index (χ4v) is 7.25. The normalized spacial score (nSPS) is 54.2. The first-order valence-electron chi connectivity index (χ1n) is 9.79. The minimum absolute atomic E-state index is 0.417. The molecular weight excluding hydrogens is 268 g/mol. The number of rotatable bonds is 1. The zero-order valence-corrected chi connectivity index (χ0v) is 14.8. The van der Waals surface area contributed by atoms with E-state index in [2.05, 4.69) is 26.8 Å². The van der Waals surface area contributed by atoms with Gasteiger partial charge in [-0.25, -0.2) is 0 Å². The third-order valence-corrected chi connectivity index (χ3v) is 8.77. The molecule has 0 unspecified atom stereocenters. The molecule has 0 amide bonds. The van der Waals surface area contributed by atoms with Gasteiger partial charge in [-0.2, -0.15) is 0 Å². The average Bonchev–Trinajstić information content (AvgIpc) is 2.84. The first-order valence-corrected chi connectivity index (χ1v) is 9.79. The van der Waals surface area contributed by atoms with E-state index >= 15 is 0 Å². The van der Waals surface area contributed by atoms with Gasteiger partial charge < -0.3 is 5.11 Å². The van der Waals surface area contributed by atoms with E-state index in [1.807, 2.05) is 5.57 Å². The molecule has 4 rings (SSSR count). The van der Waals surface area contributed by atoms with Crippen molar-refractivity contribution in [2.24, 2.45) is 40.4 Å². The Hall–Kier alpha value is -0.300. The predicted octanol–water partition coefficient (Wildman–Crippen LogP) is 5.19. The Morgan fingerprint density at radius 1 is 1.09 bits per heavy atom. The predicted molar refractivity (Wildman–Crippen MR) is 91.4 cm³/mol. The summed E-state index contributed by atoms with van der Waals surface area (Å²) >= 11 is 0. The summed E-state index contributed by atoms with van der Waals surface area (Å²) in [5.41, 5.74) is 2.75. The summed E-state index contributed by atoms with van der Waals surface area (Å²) in [6, 6.07) is 0. The monoisotopic (exact) mass is 302 g/mol. The number of hydrogen-bond donors (Lipinski definition) is 1. The van der Waals surface area contributed by atoms with Crippen molar-refractivity contribution in [1.29, 1.82) is 0 Å². The van der Waals surface area contributed by atoms with Crippen molar-refractivity contribution >= 4 is 0 Å². The quantitative estimate of drug-likeness (QED) is 0.661. The maximum atomic E-state index is 9.82. The Morgan fingerprint density at radius 2 is 1.91 bits per heavy atom. The Balaban J connectivity index is 1.66. The van der Waals surface area contributed by atoms with Gasteiger partial charge in [0.2, 0.25) is 0 Å². The van der Waals surface area contributed by atoms with Gasteiger partial charge in [0.05, 0.1) is 0 Å². The fourth-order valence-electron chi connectivity index (χ4n) is 7.25. The molecule has 1 N–H and O–H groups in total. The van der Waals surface area contributed by atoms with Gasteiger partial charge in [0.1, 0.15) is 0 Å². The van der Waals surface area contributed by atoms with Gasteiger partial charge in [0.25, 0.3) is 0 Å². The molecule has 0 saturated heterocycles. The third kappa shape index (κ3) is 1.93. The minimum Gasteiger partial charge on any atom is -0.396 e. The molecule has 22 heavy (non-hydrogen) atoms. The summed E-state index contributed by atoms with van der Waals surface area (Å²) in [5.74, 6) is 4.17. The van der Waals surface area contributed by atoms with Crippen LogP contribution >= 0.6 is 0 Å². The third-order valence-electron chi connectivity index (χ3n) is 8.77. The van der Waals surface area contributed by atoms with E-state index in [4.69, 9.17) is 0 Å². The number of aliphatic hydroxyl groups is 1. The average molecular weight is 303 g/mol. The van der Waals surface area contributed by atoms with Crippen molar-refractivity contribution in [3.63, 3.8) is 0 Å². The molecule has 0 aromatic carbocycles. The van der Waals surface area contributed by atoms with E-state index in [1.165, 1.54) is 51.4 Å². The van der Waals surface area contributed by atoms with Crippen LogP contribution in [0.25, 0.3) is 0 Å². The van der Waals surface area contributed by atoms with Crippen LogP contribution in [0.5, 0.6) is 0 Å². The van der Waals surface area contributed by atoms with Crippen molar-refractivity contribution in [2.45, 2.75) is 72.1 Å². The van der Waals surface area contributed by atoms with Crippen LogP contribution in [0.15, 0.2) is 11.6 Å². The summed E-state index contributed by atoms with van der Waals surface area (Å²) in [5, 5.41) is 9.82. The Bertz CT molecular complexity index is 480. The number of aliphatic hydroxyl groups excluding tert-OH is 1. The van der Waals surface area contributed by atoms with Crippen LogP contribution in [0.1, 0.15) is 72.1 Å². The van der Waals surface area contributed by atoms with Crippen molar-refractivity contribution in [1.82, 2.24) is 0 Å². The molecule has 0 aliphatic heterocycles. The molecule has 0 bridgehead atoms. The molecule has 0 heterocycles. The highest BCUT2D eigenvalue weighted by molar-refractivity contribution is 5.24. The van der Waals surface area contributed by atoms with Crippen molar-refractivity contribution in [2.75, 3.05) is 6.61 Å². The zero-order valence-electron chi connectivity index (χ0n) is 14.8.